The molecule has 2 heterocycles. The van der Waals surface area contributed by atoms with Gasteiger partial charge >= 0.3 is 0 Å². The Labute approximate surface area is 113 Å². The summed E-state index contributed by atoms with van der Waals surface area (Å²) in [6.45, 7) is 6.22. The van der Waals surface area contributed by atoms with E-state index in [1.807, 2.05) is 30.5 Å². The topological polar surface area (TPSA) is 47.0 Å². The molecule has 4 nitrogen and oxygen atoms in total. The van der Waals surface area contributed by atoms with Crippen LogP contribution in [0.3, 0.4) is 0 Å². The molecule has 0 fully saturated rings. The molecule has 0 saturated carbocycles. The van der Waals surface area contributed by atoms with Crippen LogP contribution in [0.1, 0.15) is 19.4 Å². The molecule has 4 heteroatoms. The number of pyridine rings is 2. The first-order chi connectivity index (χ1) is 9.24. The Morgan fingerprint density at radius 1 is 1.21 bits per heavy atom. The van der Waals surface area contributed by atoms with Gasteiger partial charge in [-0.2, -0.15) is 0 Å². The summed E-state index contributed by atoms with van der Waals surface area (Å²) in [7, 11) is 0. The second-order valence-electron chi connectivity index (χ2n) is 4.82. The Morgan fingerprint density at radius 2 is 2.11 bits per heavy atom. The van der Waals surface area contributed by atoms with Crippen molar-refractivity contribution in [3.8, 4) is 11.6 Å². The molecule has 2 rings (SSSR count). The van der Waals surface area contributed by atoms with E-state index in [2.05, 4.69) is 29.1 Å². The highest BCUT2D eigenvalue weighted by Crippen LogP contribution is 2.17. The van der Waals surface area contributed by atoms with E-state index in [4.69, 9.17) is 4.74 Å². The molecule has 0 spiro atoms. The average molecular weight is 257 g/mol. The Bertz CT molecular complexity index is 483. The molecule has 0 aliphatic carbocycles. The van der Waals surface area contributed by atoms with Crippen LogP contribution in [0.4, 0.5) is 0 Å². The molecule has 0 atom stereocenters. The zero-order chi connectivity index (χ0) is 13.5. The minimum absolute atomic E-state index is 0.584. The number of nitrogens with zero attached hydrogens (tertiary/aromatic N) is 2. The van der Waals surface area contributed by atoms with Crippen molar-refractivity contribution in [1.29, 1.82) is 0 Å². The molecule has 0 aliphatic rings. The summed E-state index contributed by atoms with van der Waals surface area (Å²) in [5.41, 5.74) is 1.15. The van der Waals surface area contributed by atoms with Crippen LogP contribution in [0.25, 0.3) is 0 Å². The van der Waals surface area contributed by atoms with Crippen molar-refractivity contribution in [2.75, 3.05) is 6.54 Å². The largest absolute Gasteiger partial charge is 0.437 e. The molecular weight excluding hydrogens is 238 g/mol. The van der Waals surface area contributed by atoms with Crippen molar-refractivity contribution in [2.45, 2.75) is 20.4 Å². The number of hydrogen-bond acceptors (Lipinski definition) is 4. The SMILES string of the molecule is CC(C)CNCc1ccc(Oc2cccnc2)nc1. The van der Waals surface area contributed by atoms with Crippen molar-refractivity contribution < 1.29 is 4.74 Å². The summed E-state index contributed by atoms with van der Waals surface area (Å²) in [4.78, 5) is 8.27. The lowest BCUT2D eigenvalue weighted by atomic mass is 10.2. The number of rotatable bonds is 6. The van der Waals surface area contributed by atoms with Crippen molar-refractivity contribution >= 4 is 0 Å². The minimum Gasteiger partial charge on any atom is -0.437 e. The predicted octanol–water partition coefficient (Wildman–Crippen LogP) is 3.01. The van der Waals surface area contributed by atoms with E-state index in [0.29, 0.717) is 17.5 Å². The van der Waals surface area contributed by atoms with E-state index in [9.17, 15) is 0 Å². The Morgan fingerprint density at radius 3 is 2.74 bits per heavy atom. The number of nitrogens with one attached hydrogen (secondary N) is 1. The van der Waals surface area contributed by atoms with E-state index in [0.717, 1.165) is 18.7 Å². The zero-order valence-electron chi connectivity index (χ0n) is 11.3. The van der Waals surface area contributed by atoms with Gasteiger partial charge in [-0.3, -0.25) is 4.98 Å². The summed E-state index contributed by atoms with van der Waals surface area (Å²) in [5.74, 6) is 1.93. The van der Waals surface area contributed by atoms with E-state index >= 15 is 0 Å². The van der Waals surface area contributed by atoms with Crippen LogP contribution in [0.15, 0.2) is 42.9 Å². The maximum atomic E-state index is 5.58. The third kappa shape index (κ3) is 4.67. The molecule has 0 saturated heterocycles. The fraction of sp³-hybridized carbons (Fsp3) is 0.333. The molecule has 19 heavy (non-hydrogen) atoms. The van der Waals surface area contributed by atoms with Gasteiger partial charge in [0.2, 0.25) is 5.88 Å². The zero-order valence-corrected chi connectivity index (χ0v) is 11.3. The highest BCUT2D eigenvalue weighted by Gasteiger charge is 2.00. The van der Waals surface area contributed by atoms with Gasteiger partial charge in [0.05, 0.1) is 6.20 Å². The highest BCUT2D eigenvalue weighted by atomic mass is 16.5. The minimum atomic E-state index is 0.584. The van der Waals surface area contributed by atoms with Gasteiger partial charge in [0.1, 0.15) is 5.75 Å². The normalized spacial score (nSPS) is 10.7. The van der Waals surface area contributed by atoms with Crippen molar-refractivity contribution in [3.63, 3.8) is 0 Å². The summed E-state index contributed by atoms with van der Waals surface area (Å²) < 4.78 is 5.58. The molecule has 2 aromatic heterocycles. The molecular formula is C15H19N3O. The first-order valence-corrected chi connectivity index (χ1v) is 6.47. The average Bonchev–Trinajstić information content (AvgIpc) is 2.42. The molecule has 0 bridgehead atoms. The van der Waals surface area contributed by atoms with Crippen molar-refractivity contribution in [1.82, 2.24) is 15.3 Å². The van der Waals surface area contributed by atoms with E-state index in [1.165, 1.54) is 0 Å². The Balaban J connectivity index is 1.88. The third-order valence-electron chi connectivity index (χ3n) is 2.54. The second kappa shape index (κ2) is 6.85. The Hall–Kier alpha value is -1.94. The fourth-order valence-corrected chi connectivity index (χ4v) is 1.61. The number of aromatic nitrogens is 2. The molecule has 0 radical (unpaired) electrons. The molecule has 0 aromatic carbocycles. The molecule has 1 N–H and O–H groups in total. The smallest absolute Gasteiger partial charge is 0.219 e. The maximum Gasteiger partial charge on any atom is 0.219 e. The van der Waals surface area contributed by atoms with Gasteiger partial charge < -0.3 is 10.1 Å². The molecule has 0 unspecified atom stereocenters. The first kappa shape index (κ1) is 13.5. The van der Waals surface area contributed by atoms with E-state index < -0.39 is 0 Å². The lowest BCUT2D eigenvalue weighted by Crippen LogP contribution is -2.18. The quantitative estimate of drug-likeness (QED) is 0.864. The summed E-state index contributed by atoms with van der Waals surface area (Å²) >= 11 is 0. The van der Waals surface area contributed by atoms with Gasteiger partial charge in [-0.25, -0.2) is 4.98 Å². The van der Waals surface area contributed by atoms with Crippen LogP contribution in [0, 0.1) is 5.92 Å². The van der Waals surface area contributed by atoms with Crippen LogP contribution in [0.5, 0.6) is 11.6 Å². The third-order valence-corrected chi connectivity index (χ3v) is 2.54. The lowest BCUT2D eigenvalue weighted by molar-refractivity contribution is 0.460. The molecule has 100 valence electrons. The summed E-state index contributed by atoms with van der Waals surface area (Å²) in [6.07, 6.45) is 5.21. The van der Waals surface area contributed by atoms with E-state index in [1.54, 1.807) is 12.4 Å². The highest BCUT2D eigenvalue weighted by molar-refractivity contribution is 5.25. The predicted molar refractivity (Wildman–Crippen MR) is 75.1 cm³/mol. The monoisotopic (exact) mass is 257 g/mol. The molecule has 0 amide bonds. The van der Waals surface area contributed by atoms with Gasteiger partial charge in [-0.05, 0) is 30.2 Å². The van der Waals surface area contributed by atoms with Crippen molar-refractivity contribution in [3.05, 3.63) is 48.4 Å². The van der Waals surface area contributed by atoms with E-state index in [-0.39, 0.29) is 0 Å². The van der Waals surface area contributed by atoms with Crippen LogP contribution < -0.4 is 10.1 Å². The molecule has 2 aromatic rings. The van der Waals surface area contributed by atoms with Crippen LogP contribution >= 0.6 is 0 Å². The van der Waals surface area contributed by atoms with Gasteiger partial charge in [0, 0.05) is 25.0 Å². The second-order valence-corrected chi connectivity index (χ2v) is 4.82. The van der Waals surface area contributed by atoms with Crippen LogP contribution in [0.2, 0.25) is 0 Å². The van der Waals surface area contributed by atoms with Gasteiger partial charge in [0.15, 0.2) is 0 Å². The van der Waals surface area contributed by atoms with Gasteiger partial charge in [-0.1, -0.05) is 19.9 Å². The number of ether oxygens (including phenoxy) is 1. The van der Waals surface area contributed by atoms with Gasteiger partial charge in [-0.15, -0.1) is 0 Å². The van der Waals surface area contributed by atoms with Crippen molar-refractivity contribution in [2.24, 2.45) is 5.92 Å². The number of hydrogen-bond donors (Lipinski definition) is 1. The van der Waals surface area contributed by atoms with Gasteiger partial charge in [0.25, 0.3) is 0 Å². The first-order valence-electron chi connectivity index (χ1n) is 6.47. The molecule has 0 aliphatic heterocycles. The summed E-state index contributed by atoms with van der Waals surface area (Å²) in [6, 6.07) is 7.58. The standard InChI is InChI=1S/C15H19N3O/c1-12(2)8-17-9-13-5-6-15(18-10-13)19-14-4-3-7-16-11-14/h3-7,10-12,17H,8-9H2,1-2H3. The maximum absolute atomic E-state index is 5.58. The van der Waals surface area contributed by atoms with Crippen LogP contribution in [-0.2, 0) is 6.54 Å². The Kier molecular flexibility index (Phi) is 4.86. The fourth-order valence-electron chi connectivity index (χ4n) is 1.61. The van der Waals surface area contributed by atoms with Crippen LogP contribution in [-0.4, -0.2) is 16.5 Å². The summed E-state index contributed by atoms with van der Waals surface area (Å²) in [5, 5.41) is 3.38. The lowest BCUT2D eigenvalue weighted by Gasteiger charge is -2.08.